The molecule has 1 aromatic carbocycles. The molecule has 1 N–H and O–H groups in total. The maximum absolute atomic E-state index is 11.2. The lowest BCUT2D eigenvalue weighted by molar-refractivity contribution is 0.0960. The largest absolute Gasteiger partial charge is 0.355 e. The number of benzene rings is 1. The number of rotatable bonds is 1. The first kappa shape index (κ1) is 9.48. The summed E-state index contributed by atoms with van der Waals surface area (Å²) in [6.45, 7) is 0. The standard InChI is InChI=1S/C8H9NOS2/c1-9-8(10)6-4-5(11)2-3-7(6)12/h2-4,11-12H,1H3,(H,9,10). The van der Waals surface area contributed by atoms with Crippen LogP contribution < -0.4 is 5.32 Å². The zero-order valence-electron chi connectivity index (χ0n) is 6.53. The quantitative estimate of drug-likeness (QED) is 0.589. The van der Waals surface area contributed by atoms with E-state index >= 15 is 0 Å². The van der Waals surface area contributed by atoms with Crippen molar-refractivity contribution in [3.8, 4) is 0 Å². The third kappa shape index (κ3) is 1.95. The Morgan fingerprint density at radius 2 is 2.08 bits per heavy atom. The van der Waals surface area contributed by atoms with Crippen molar-refractivity contribution in [2.24, 2.45) is 0 Å². The summed E-state index contributed by atoms with van der Waals surface area (Å²) in [4.78, 5) is 12.6. The third-order valence-electron chi connectivity index (χ3n) is 1.45. The van der Waals surface area contributed by atoms with Crippen LogP contribution in [0.15, 0.2) is 28.0 Å². The van der Waals surface area contributed by atoms with Crippen LogP contribution in [0.3, 0.4) is 0 Å². The third-order valence-corrected chi connectivity index (χ3v) is 2.12. The van der Waals surface area contributed by atoms with Crippen molar-refractivity contribution in [1.82, 2.24) is 5.32 Å². The van der Waals surface area contributed by atoms with Crippen LogP contribution in [0.25, 0.3) is 0 Å². The smallest absolute Gasteiger partial charge is 0.252 e. The van der Waals surface area contributed by atoms with Crippen molar-refractivity contribution in [3.05, 3.63) is 23.8 Å². The number of hydrogen-bond acceptors (Lipinski definition) is 3. The molecule has 0 aliphatic heterocycles. The maximum atomic E-state index is 11.2. The highest BCUT2D eigenvalue weighted by molar-refractivity contribution is 7.80. The zero-order valence-corrected chi connectivity index (χ0v) is 8.32. The van der Waals surface area contributed by atoms with Crippen LogP contribution in [-0.2, 0) is 0 Å². The molecule has 1 aromatic rings. The van der Waals surface area contributed by atoms with Gasteiger partial charge in [-0.15, -0.1) is 25.3 Å². The summed E-state index contributed by atoms with van der Waals surface area (Å²) >= 11 is 8.26. The number of hydrogen-bond donors (Lipinski definition) is 3. The minimum absolute atomic E-state index is 0.143. The van der Waals surface area contributed by atoms with Gasteiger partial charge in [0.05, 0.1) is 5.56 Å². The summed E-state index contributed by atoms with van der Waals surface area (Å²) in [5.74, 6) is -0.143. The minimum atomic E-state index is -0.143. The summed E-state index contributed by atoms with van der Waals surface area (Å²) in [5.41, 5.74) is 0.549. The van der Waals surface area contributed by atoms with E-state index in [-0.39, 0.29) is 5.91 Å². The fourth-order valence-corrected chi connectivity index (χ4v) is 1.28. The fraction of sp³-hybridized carbons (Fsp3) is 0.125. The lowest BCUT2D eigenvalue weighted by atomic mass is 10.2. The van der Waals surface area contributed by atoms with Crippen molar-refractivity contribution in [2.45, 2.75) is 9.79 Å². The van der Waals surface area contributed by atoms with E-state index in [2.05, 4.69) is 30.6 Å². The number of carbonyl (C=O) groups is 1. The van der Waals surface area contributed by atoms with Crippen LogP contribution in [0, 0.1) is 0 Å². The SMILES string of the molecule is CNC(=O)c1cc(S)ccc1S. The molecule has 0 aliphatic rings. The lowest BCUT2D eigenvalue weighted by Gasteiger charge is -2.03. The zero-order chi connectivity index (χ0) is 9.14. The fourth-order valence-electron chi connectivity index (χ4n) is 0.841. The van der Waals surface area contributed by atoms with Crippen molar-refractivity contribution in [1.29, 1.82) is 0 Å². The van der Waals surface area contributed by atoms with Gasteiger partial charge in [-0.3, -0.25) is 4.79 Å². The van der Waals surface area contributed by atoms with Gasteiger partial charge in [-0.1, -0.05) is 0 Å². The Hall–Kier alpha value is -0.610. The average molecular weight is 199 g/mol. The average Bonchev–Trinajstić information content (AvgIpc) is 2.08. The van der Waals surface area contributed by atoms with E-state index in [9.17, 15) is 4.79 Å². The molecule has 0 radical (unpaired) electrons. The molecule has 0 heterocycles. The highest BCUT2D eigenvalue weighted by atomic mass is 32.1. The molecule has 0 bridgehead atoms. The molecular formula is C8H9NOS2. The van der Waals surface area contributed by atoms with Gasteiger partial charge < -0.3 is 5.32 Å². The number of amides is 1. The highest BCUT2D eigenvalue weighted by Gasteiger charge is 2.06. The van der Waals surface area contributed by atoms with E-state index in [1.165, 1.54) is 0 Å². The molecule has 0 aliphatic carbocycles. The van der Waals surface area contributed by atoms with Crippen molar-refractivity contribution in [2.75, 3.05) is 7.05 Å². The maximum Gasteiger partial charge on any atom is 0.252 e. The lowest BCUT2D eigenvalue weighted by Crippen LogP contribution is -2.18. The predicted octanol–water partition coefficient (Wildman–Crippen LogP) is 1.62. The van der Waals surface area contributed by atoms with Crippen molar-refractivity contribution >= 4 is 31.2 Å². The molecule has 0 saturated heterocycles. The molecule has 2 nitrogen and oxygen atoms in total. The number of carbonyl (C=O) groups excluding carboxylic acids is 1. The first-order valence-electron chi connectivity index (χ1n) is 3.39. The van der Waals surface area contributed by atoms with E-state index in [0.717, 1.165) is 4.90 Å². The van der Waals surface area contributed by atoms with Gasteiger partial charge in [0, 0.05) is 16.8 Å². The van der Waals surface area contributed by atoms with Gasteiger partial charge in [-0.2, -0.15) is 0 Å². The number of thiol groups is 2. The Balaban J connectivity index is 3.13. The van der Waals surface area contributed by atoms with Gasteiger partial charge in [-0.05, 0) is 18.2 Å². The van der Waals surface area contributed by atoms with Crippen LogP contribution in [-0.4, -0.2) is 13.0 Å². The topological polar surface area (TPSA) is 29.1 Å². The van der Waals surface area contributed by atoms with Crippen LogP contribution in [0.2, 0.25) is 0 Å². The molecule has 4 heteroatoms. The summed E-state index contributed by atoms with van der Waals surface area (Å²) in [6.07, 6.45) is 0. The molecule has 0 fully saturated rings. The Bertz CT molecular complexity index is 312. The molecule has 0 aromatic heterocycles. The van der Waals surface area contributed by atoms with E-state index < -0.39 is 0 Å². The van der Waals surface area contributed by atoms with Gasteiger partial charge in [0.15, 0.2) is 0 Å². The Kier molecular flexibility index (Phi) is 3.05. The monoisotopic (exact) mass is 199 g/mol. The van der Waals surface area contributed by atoms with Gasteiger partial charge in [-0.25, -0.2) is 0 Å². The molecule has 64 valence electrons. The van der Waals surface area contributed by atoms with E-state index in [0.29, 0.717) is 10.5 Å². The second kappa shape index (κ2) is 3.87. The van der Waals surface area contributed by atoms with Crippen molar-refractivity contribution < 1.29 is 4.79 Å². The van der Waals surface area contributed by atoms with Crippen LogP contribution in [0.1, 0.15) is 10.4 Å². The van der Waals surface area contributed by atoms with Crippen molar-refractivity contribution in [3.63, 3.8) is 0 Å². The molecular weight excluding hydrogens is 190 g/mol. The molecule has 0 saturated carbocycles. The number of nitrogens with one attached hydrogen (secondary N) is 1. The van der Waals surface area contributed by atoms with Gasteiger partial charge in [0.2, 0.25) is 0 Å². The van der Waals surface area contributed by atoms with Gasteiger partial charge >= 0.3 is 0 Å². The van der Waals surface area contributed by atoms with E-state index in [1.807, 2.05) is 0 Å². The first-order chi connectivity index (χ1) is 5.65. The summed E-state index contributed by atoms with van der Waals surface area (Å²) in [6, 6.07) is 5.22. The summed E-state index contributed by atoms with van der Waals surface area (Å²) in [7, 11) is 1.58. The molecule has 0 spiro atoms. The molecule has 1 amide bonds. The summed E-state index contributed by atoms with van der Waals surface area (Å²) in [5, 5.41) is 2.53. The molecule has 0 unspecified atom stereocenters. The van der Waals surface area contributed by atoms with E-state index in [4.69, 9.17) is 0 Å². The molecule has 1 rings (SSSR count). The normalized spacial score (nSPS) is 9.58. The minimum Gasteiger partial charge on any atom is -0.355 e. The first-order valence-corrected chi connectivity index (χ1v) is 4.28. The van der Waals surface area contributed by atoms with Crippen LogP contribution in [0.4, 0.5) is 0 Å². The Labute approximate surface area is 82.2 Å². The summed E-state index contributed by atoms with van der Waals surface area (Å²) < 4.78 is 0. The Morgan fingerprint density at radius 1 is 1.42 bits per heavy atom. The second-order valence-electron chi connectivity index (χ2n) is 2.28. The molecule has 12 heavy (non-hydrogen) atoms. The van der Waals surface area contributed by atoms with Crippen LogP contribution in [0.5, 0.6) is 0 Å². The predicted molar refractivity (Wildman–Crippen MR) is 54.3 cm³/mol. The second-order valence-corrected chi connectivity index (χ2v) is 3.28. The van der Waals surface area contributed by atoms with E-state index in [1.54, 1.807) is 25.2 Å². The highest BCUT2D eigenvalue weighted by Crippen LogP contribution is 2.17. The Morgan fingerprint density at radius 3 is 2.67 bits per heavy atom. The van der Waals surface area contributed by atoms with Gasteiger partial charge in [0.1, 0.15) is 0 Å². The molecule has 0 atom stereocenters. The van der Waals surface area contributed by atoms with Crippen LogP contribution >= 0.6 is 25.3 Å². The van der Waals surface area contributed by atoms with Gasteiger partial charge in [0.25, 0.3) is 5.91 Å².